The molecule has 1 N–H and O–H groups in total. The average Bonchev–Trinajstić information content (AvgIpc) is 2.48. The van der Waals surface area contributed by atoms with Crippen LogP contribution in [0.2, 0.25) is 0 Å². The van der Waals surface area contributed by atoms with Gasteiger partial charge in [0, 0.05) is 7.05 Å². The molecule has 5 heteroatoms. The van der Waals surface area contributed by atoms with Gasteiger partial charge in [0.05, 0.1) is 5.56 Å². The van der Waals surface area contributed by atoms with Crippen molar-refractivity contribution in [3.8, 4) is 0 Å². The van der Waals surface area contributed by atoms with Gasteiger partial charge in [0.25, 0.3) is 5.91 Å². The molecule has 0 saturated heterocycles. The third-order valence-electron chi connectivity index (χ3n) is 4.38. The summed E-state index contributed by atoms with van der Waals surface area (Å²) in [5, 5.41) is 9.59. The molecule has 0 radical (unpaired) electrons. The second kappa shape index (κ2) is 5.84. The number of aryl methyl sites for hydroxylation is 1. The number of aliphatic carboxylic acids is 1. The van der Waals surface area contributed by atoms with Crippen LogP contribution in [0.4, 0.5) is 4.39 Å². The summed E-state index contributed by atoms with van der Waals surface area (Å²) in [5.74, 6) is -2.19. The van der Waals surface area contributed by atoms with Crippen LogP contribution in [0.1, 0.15) is 48.0 Å². The Kier molecular flexibility index (Phi) is 4.30. The molecule has 1 saturated carbocycles. The molecule has 0 aliphatic heterocycles. The van der Waals surface area contributed by atoms with E-state index in [0.29, 0.717) is 12.8 Å². The Morgan fingerprint density at radius 1 is 1.24 bits per heavy atom. The van der Waals surface area contributed by atoms with Gasteiger partial charge < -0.3 is 10.0 Å². The number of carboxylic acid groups (broad SMARTS) is 1. The van der Waals surface area contributed by atoms with E-state index in [9.17, 15) is 19.1 Å². The quantitative estimate of drug-likeness (QED) is 0.932. The molecule has 1 amide bonds. The van der Waals surface area contributed by atoms with Crippen LogP contribution in [0.25, 0.3) is 0 Å². The smallest absolute Gasteiger partial charge is 0.329 e. The SMILES string of the molecule is Cc1ccc(F)c(C(=O)N(C)C2(C(=O)O)CCCCC2)c1. The molecular formula is C16H20FNO3. The van der Waals surface area contributed by atoms with Gasteiger partial charge in [0.2, 0.25) is 0 Å². The Morgan fingerprint density at radius 3 is 2.43 bits per heavy atom. The van der Waals surface area contributed by atoms with Crippen molar-refractivity contribution in [1.82, 2.24) is 4.90 Å². The fourth-order valence-corrected chi connectivity index (χ4v) is 3.01. The number of halogens is 1. The van der Waals surface area contributed by atoms with E-state index in [2.05, 4.69) is 0 Å². The van der Waals surface area contributed by atoms with E-state index < -0.39 is 23.2 Å². The Balaban J connectivity index is 2.36. The summed E-state index contributed by atoms with van der Waals surface area (Å²) in [6.07, 6.45) is 3.33. The molecular weight excluding hydrogens is 273 g/mol. The number of hydrogen-bond acceptors (Lipinski definition) is 2. The minimum absolute atomic E-state index is 0.0660. The second-order valence-corrected chi connectivity index (χ2v) is 5.74. The first-order chi connectivity index (χ1) is 9.88. The van der Waals surface area contributed by atoms with E-state index in [1.54, 1.807) is 13.0 Å². The van der Waals surface area contributed by atoms with Crippen LogP contribution in [0.3, 0.4) is 0 Å². The molecule has 0 heterocycles. The van der Waals surface area contributed by atoms with Crippen molar-refractivity contribution in [2.24, 2.45) is 0 Å². The lowest BCUT2D eigenvalue weighted by atomic mass is 9.80. The first kappa shape index (κ1) is 15.5. The number of hydrogen-bond donors (Lipinski definition) is 1. The lowest BCUT2D eigenvalue weighted by Crippen LogP contribution is -2.56. The number of rotatable bonds is 3. The third kappa shape index (κ3) is 2.77. The summed E-state index contributed by atoms with van der Waals surface area (Å²) in [6, 6.07) is 4.29. The maximum atomic E-state index is 13.9. The molecule has 1 fully saturated rings. The summed E-state index contributed by atoms with van der Waals surface area (Å²) >= 11 is 0. The lowest BCUT2D eigenvalue weighted by Gasteiger charge is -2.41. The van der Waals surface area contributed by atoms with Gasteiger partial charge in [-0.05, 0) is 31.9 Å². The summed E-state index contributed by atoms with van der Waals surface area (Å²) in [5.41, 5.74) is -0.518. The molecule has 21 heavy (non-hydrogen) atoms. The Hall–Kier alpha value is -1.91. The van der Waals surface area contributed by atoms with E-state index in [-0.39, 0.29) is 5.56 Å². The van der Waals surface area contributed by atoms with Gasteiger partial charge in [-0.25, -0.2) is 9.18 Å². The van der Waals surface area contributed by atoms with E-state index in [1.165, 1.54) is 24.1 Å². The monoisotopic (exact) mass is 293 g/mol. The first-order valence-electron chi connectivity index (χ1n) is 7.16. The summed E-state index contributed by atoms with van der Waals surface area (Å²) in [4.78, 5) is 25.5. The number of amides is 1. The van der Waals surface area contributed by atoms with Crippen LogP contribution in [0, 0.1) is 12.7 Å². The highest BCUT2D eigenvalue weighted by Gasteiger charge is 2.45. The Morgan fingerprint density at radius 2 is 1.86 bits per heavy atom. The summed E-state index contributed by atoms with van der Waals surface area (Å²) in [6.45, 7) is 1.77. The standard InChI is InChI=1S/C16H20FNO3/c1-11-6-7-13(17)12(10-11)14(19)18(2)16(15(20)21)8-4-3-5-9-16/h6-7,10H,3-5,8-9H2,1-2H3,(H,20,21). The molecule has 0 bridgehead atoms. The van der Waals surface area contributed by atoms with Gasteiger partial charge in [0.15, 0.2) is 0 Å². The average molecular weight is 293 g/mol. The third-order valence-corrected chi connectivity index (χ3v) is 4.38. The van der Waals surface area contributed by atoms with Crippen LogP contribution >= 0.6 is 0 Å². The molecule has 114 valence electrons. The van der Waals surface area contributed by atoms with E-state index in [1.807, 2.05) is 0 Å². The first-order valence-corrected chi connectivity index (χ1v) is 7.16. The number of likely N-dealkylation sites (N-methyl/N-ethyl adjacent to an activating group) is 1. The minimum atomic E-state index is -1.22. The largest absolute Gasteiger partial charge is 0.479 e. The molecule has 4 nitrogen and oxygen atoms in total. The van der Waals surface area contributed by atoms with Crippen molar-refractivity contribution in [1.29, 1.82) is 0 Å². The van der Waals surface area contributed by atoms with Crippen LogP contribution in [0.5, 0.6) is 0 Å². The topological polar surface area (TPSA) is 57.6 Å². The summed E-state index contributed by atoms with van der Waals surface area (Å²) in [7, 11) is 1.46. The van der Waals surface area contributed by atoms with Gasteiger partial charge in [-0.3, -0.25) is 4.79 Å². The molecule has 1 aromatic rings. The van der Waals surface area contributed by atoms with Crippen molar-refractivity contribution in [3.63, 3.8) is 0 Å². The van der Waals surface area contributed by atoms with Gasteiger partial charge in [-0.2, -0.15) is 0 Å². The van der Waals surface area contributed by atoms with Gasteiger partial charge in [-0.1, -0.05) is 30.9 Å². The van der Waals surface area contributed by atoms with Gasteiger partial charge >= 0.3 is 5.97 Å². The Bertz CT molecular complexity index is 565. The fourth-order valence-electron chi connectivity index (χ4n) is 3.01. The molecule has 1 aliphatic carbocycles. The van der Waals surface area contributed by atoms with Crippen LogP contribution in [-0.2, 0) is 4.79 Å². The van der Waals surface area contributed by atoms with E-state index in [0.717, 1.165) is 24.8 Å². The highest BCUT2D eigenvalue weighted by atomic mass is 19.1. The normalized spacial score (nSPS) is 17.3. The van der Waals surface area contributed by atoms with Crippen LogP contribution < -0.4 is 0 Å². The molecule has 1 aromatic carbocycles. The predicted octanol–water partition coefficient (Wildman–Crippen LogP) is 2.99. The van der Waals surface area contributed by atoms with E-state index >= 15 is 0 Å². The minimum Gasteiger partial charge on any atom is -0.479 e. The van der Waals surface area contributed by atoms with Crippen LogP contribution in [0.15, 0.2) is 18.2 Å². The lowest BCUT2D eigenvalue weighted by molar-refractivity contribution is -0.151. The Labute approximate surface area is 123 Å². The van der Waals surface area contributed by atoms with Gasteiger partial charge in [0.1, 0.15) is 11.4 Å². The highest BCUT2D eigenvalue weighted by Crippen LogP contribution is 2.34. The maximum absolute atomic E-state index is 13.9. The zero-order valence-electron chi connectivity index (χ0n) is 12.4. The molecule has 0 unspecified atom stereocenters. The van der Waals surface area contributed by atoms with Crippen molar-refractivity contribution in [2.45, 2.75) is 44.6 Å². The van der Waals surface area contributed by atoms with Crippen molar-refractivity contribution < 1.29 is 19.1 Å². The molecule has 0 spiro atoms. The zero-order valence-corrected chi connectivity index (χ0v) is 12.4. The zero-order chi connectivity index (χ0) is 15.6. The molecule has 0 aromatic heterocycles. The van der Waals surface area contributed by atoms with Crippen molar-refractivity contribution in [3.05, 3.63) is 35.1 Å². The van der Waals surface area contributed by atoms with Crippen LogP contribution in [-0.4, -0.2) is 34.5 Å². The maximum Gasteiger partial charge on any atom is 0.329 e. The number of benzene rings is 1. The van der Waals surface area contributed by atoms with Crippen molar-refractivity contribution >= 4 is 11.9 Å². The molecule has 1 aliphatic rings. The fraction of sp³-hybridized carbons (Fsp3) is 0.500. The van der Waals surface area contributed by atoms with Crippen molar-refractivity contribution in [2.75, 3.05) is 7.05 Å². The number of nitrogens with zero attached hydrogens (tertiary/aromatic N) is 1. The number of carbonyl (C=O) groups is 2. The number of carboxylic acids is 1. The number of carbonyl (C=O) groups excluding carboxylic acids is 1. The highest BCUT2D eigenvalue weighted by molar-refractivity contribution is 5.98. The second-order valence-electron chi connectivity index (χ2n) is 5.74. The summed E-state index contributed by atoms with van der Waals surface area (Å²) < 4.78 is 13.9. The molecule has 2 rings (SSSR count). The van der Waals surface area contributed by atoms with E-state index in [4.69, 9.17) is 0 Å². The van der Waals surface area contributed by atoms with Gasteiger partial charge in [-0.15, -0.1) is 0 Å². The molecule has 0 atom stereocenters. The predicted molar refractivity (Wildman–Crippen MR) is 76.7 cm³/mol.